The van der Waals surface area contributed by atoms with E-state index in [9.17, 15) is 9.59 Å². The molecule has 28 heavy (non-hydrogen) atoms. The zero-order valence-electron chi connectivity index (χ0n) is 16.2. The van der Waals surface area contributed by atoms with E-state index >= 15 is 0 Å². The topological polar surface area (TPSA) is 70.7 Å². The standard InChI is InChI=1S/C22H27N3O3/c1-17-6-4-7-18(16-17)21(26)24-20-9-3-2-8-19(20)22(27)23-10-5-11-25-12-14-28-15-13-25/h2-4,6-9,16H,5,10-15H2,1H3,(H,23,27)(H,24,26). The molecule has 0 unspecified atom stereocenters. The third-order valence-corrected chi connectivity index (χ3v) is 4.74. The van der Waals surface area contributed by atoms with Crippen molar-refractivity contribution in [2.24, 2.45) is 0 Å². The van der Waals surface area contributed by atoms with Crippen LogP contribution in [0.15, 0.2) is 48.5 Å². The first-order chi connectivity index (χ1) is 13.6. The molecule has 0 radical (unpaired) electrons. The van der Waals surface area contributed by atoms with Gasteiger partial charge in [-0.25, -0.2) is 0 Å². The number of anilines is 1. The van der Waals surface area contributed by atoms with Crippen molar-refractivity contribution in [3.8, 4) is 0 Å². The summed E-state index contributed by atoms with van der Waals surface area (Å²) in [5.41, 5.74) is 2.56. The van der Waals surface area contributed by atoms with Crippen LogP contribution >= 0.6 is 0 Å². The molecule has 148 valence electrons. The quantitative estimate of drug-likeness (QED) is 0.724. The Hall–Kier alpha value is -2.70. The van der Waals surface area contributed by atoms with Crippen molar-refractivity contribution in [1.82, 2.24) is 10.2 Å². The van der Waals surface area contributed by atoms with Gasteiger partial charge < -0.3 is 15.4 Å². The maximum Gasteiger partial charge on any atom is 0.255 e. The van der Waals surface area contributed by atoms with Gasteiger partial charge in [0, 0.05) is 25.2 Å². The van der Waals surface area contributed by atoms with Crippen LogP contribution in [-0.2, 0) is 4.74 Å². The number of aryl methyl sites for hydroxylation is 1. The fourth-order valence-electron chi connectivity index (χ4n) is 3.20. The monoisotopic (exact) mass is 381 g/mol. The summed E-state index contributed by atoms with van der Waals surface area (Å²) in [4.78, 5) is 27.4. The Balaban J connectivity index is 1.55. The van der Waals surface area contributed by atoms with E-state index in [1.54, 1.807) is 30.3 Å². The highest BCUT2D eigenvalue weighted by molar-refractivity contribution is 6.09. The van der Waals surface area contributed by atoms with Crippen LogP contribution < -0.4 is 10.6 Å². The van der Waals surface area contributed by atoms with Crippen LogP contribution in [0.5, 0.6) is 0 Å². The molecule has 2 aromatic carbocycles. The Kier molecular flexibility index (Phi) is 7.17. The van der Waals surface area contributed by atoms with Gasteiger partial charge in [0.2, 0.25) is 0 Å². The Labute approximate surface area is 165 Å². The molecule has 1 heterocycles. The molecule has 3 rings (SSSR count). The highest BCUT2D eigenvalue weighted by Crippen LogP contribution is 2.16. The molecule has 0 aliphatic carbocycles. The summed E-state index contributed by atoms with van der Waals surface area (Å²) in [5.74, 6) is -0.404. The van der Waals surface area contributed by atoms with Gasteiger partial charge in [-0.1, -0.05) is 29.8 Å². The van der Waals surface area contributed by atoms with Crippen LogP contribution in [0.4, 0.5) is 5.69 Å². The normalized spacial score (nSPS) is 14.5. The maximum absolute atomic E-state index is 12.6. The van der Waals surface area contributed by atoms with Gasteiger partial charge in [-0.15, -0.1) is 0 Å². The van der Waals surface area contributed by atoms with E-state index in [4.69, 9.17) is 4.74 Å². The summed E-state index contributed by atoms with van der Waals surface area (Å²) in [5, 5.41) is 5.81. The van der Waals surface area contributed by atoms with Crippen molar-refractivity contribution in [1.29, 1.82) is 0 Å². The van der Waals surface area contributed by atoms with Crippen molar-refractivity contribution in [3.05, 3.63) is 65.2 Å². The Morgan fingerprint density at radius 3 is 2.61 bits per heavy atom. The van der Waals surface area contributed by atoms with Crippen LogP contribution in [0.3, 0.4) is 0 Å². The van der Waals surface area contributed by atoms with E-state index in [-0.39, 0.29) is 11.8 Å². The lowest BCUT2D eigenvalue weighted by atomic mass is 10.1. The first kappa shape index (κ1) is 20.0. The minimum Gasteiger partial charge on any atom is -0.379 e. The third kappa shape index (κ3) is 5.65. The molecule has 0 spiro atoms. The lowest BCUT2D eigenvalue weighted by molar-refractivity contribution is 0.0374. The largest absolute Gasteiger partial charge is 0.379 e. The van der Waals surface area contributed by atoms with Gasteiger partial charge in [-0.2, -0.15) is 0 Å². The van der Waals surface area contributed by atoms with E-state index in [2.05, 4.69) is 15.5 Å². The number of hydrogen-bond acceptors (Lipinski definition) is 4. The number of carbonyl (C=O) groups excluding carboxylic acids is 2. The second kappa shape index (κ2) is 10.0. The molecule has 1 aliphatic rings. The summed E-state index contributed by atoms with van der Waals surface area (Å²) >= 11 is 0. The van der Waals surface area contributed by atoms with E-state index in [1.807, 2.05) is 25.1 Å². The third-order valence-electron chi connectivity index (χ3n) is 4.74. The number of hydrogen-bond donors (Lipinski definition) is 2. The van der Waals surface area contributed by atoms with E-state index in [1.165, 1.54) is 0 Å². The highest BCUT2D eigenvalue weighted by atomic mass is 16.5. The Bertz CT molecular complexity index is 816. The summed E-state index contributed by atoms with van der Waals surface area (Å²) < 4.78 is 5.34. The highest BCUT2D eigenvalue weighted by Gasteiger charge is 2.14. The number of benzene rings is 2. The van der Waals surface area contributed by atoms with Crippen LogP contribution in [0.2, 0.25) is 0 Å². The molecule has 2 N–H and O–H groups in total. The number of amides is 2. The van der Waals surface area contributed by atoms with E-state index in [0.29, 0.717) is 23.4 Å². The van der Waals surface area contributed by atoms with Gasteiger partial charge in [0.15, 0.2) is 0 Å². The lowest BCUT2D eigenvalue weighted by Gasteiger charge is -2.26. The molecule has 6 heteroatoms. The Morgan fingerprint density at radius 1 is 1.04 bits per heavy atom. The van der Waals surface area contributed by atoms with Crippen molar-refractivity contribution in [2.45, 2.75) is 13.3 Å². The van der Waals surface area contributed by atoms with Crippen molar-refractivity contribution < 1.29 is 14.3 Å². The second-order valence-electron chi connectivity index (χ2n) is 6.93. The molecule has 1 aliphatic heterocycles. The fourth-order valence-corrected chi connectivity index (χ4v) is 3.20. The van der Waals surface area contributed by atoms with Crippen LogP contribution in [0, 0.1) is 6.92 Å². The number of carbonyl (C=O) groups is 2. The number of ether oxygens (including phenoxy) is 1. The van der Waals surface area contributed by atoms with Gasteiger partial charge in [-0.05, 0) is 44.2 Å². The fraction of sp³-hybridized carbons (Fsp3) is 0.364. The zero-order valence-corrected chi connectivity index (χ0v) is 16.2. The van der Waals surface area contributed by atoms with Crippen molar-refractivity contribution in [3.63, 3.8) is 0 Å². The van der Waals surface area contributed by atoms with Gasteiger partial charge in [-0.3, -0.25) is 14.5 Å². The number of nitrogens with zero attached hydrogens (tertiary/aromatic N) is 1. The molecular weight excluding hydrogens is 354 g/mol. The first-order valence-electron chi connectivity index (χ1n) is 9.69. The van der Waals surface area contributed by atoms with Gasteiger partial charge >= 0.3 is 0 Å². The predicted molar refractivity (Wildman–Crippen MR) is 110 cm³/mol. The number of morpholine rings is 1. The first-order valence-corrected chi connectivity index (χ1v) is 9.69. The summed E-state index contributed by atoms with van der Waals surface area (Å²) in [6, 6.07) is 14.4. The van der Waals surface area contributed by atoms with Gasteiger partial charge in [0.25, 0.3) is 11.8 Å². The van der Waals surface area contributed by atoms with E-state index < -0.39 is 0 Å². The molecule has 0 aromatic heterocycles. The minimum absolute atomic E-state index is 0.179. The average Bonchev–Trinajstić information content (AvgIpc) is 2.72. The SMILES string of the molecule is Cc1cccc(C(=O)Nc2ccccc2C(=O)NCCCN2CCOCC2)c1. The zero-order chi connectivity index (χ0) is 19.8. The molecule has 1 saturated heterocycles. The number of rotatable bonds is 7. The molecule has 2 aromatic rings. The lowest BCUT2D eigenvalue weighted by Crippen LogP contribution is -2.38. The molecule has 6 nitrogen and oxygen atoms in total. The van der Waals surface area contributed by atoms with Crippen molar-refractivity contribution >= 4 is 17.5 Å². The smallest absolute Gasteiger partial charge is 0.255 e. The Morgan fingerprint density at radius 2 is 1.82 bits per heavy atom. The van der Waals surface area contributed by atoms with Crippen molar-refractivity contribution in [2.75, 3.05) is 44.7 Å². The average molecular weight is 381 g/mol. The van der Waals surface area contributed by atoms with Gasteiger partial charge in [0.1, 0.15) is 0 Å². The van der Waals surface area contributed by atoms with Crippen LogP contribution in [0.25, 0.3) is 0 Å². The number of para-hydroxylation sites is 1. The molecular formula is C22H27N3O3. The van der Waals surface area contributed by atoms with Gasteiger partial charge in [0.05, 0.1) is 24.5 Å². The number of nitrogens with one attached hydrogen (secondary N) is 2. The molecule has 0 bridgehead atoms. The summed E-state index contributed by atoms with van der Waals surface area (Å²) in [6.45, 7) is 6.92. The predicted octanol–water partition coefficient (Wildman–Crippen LogP) is 2.70. The molecule has 2 amide bonds. The van der Waals surface area contributed by atoms with Crippen LogP contribution in [-0.4, -0.2) is 56.1 Å². The van der Waals surface area contributed by atoms with E-state index in [0.717, 1.165) is 44.8 Å². The molecule has 0 atom stereocenters. The van der Waals surface area contributed by atoms with Crippen LogP contribution in [0.1, 0.15) is 32.7 Å². The molecule has 1 fully saturated rings. The minimum atomic E-state index is -0.226. The summed E-state index contributed by atoms with van der Waals surface area (Å²) in [6.07, 6.45) is 0.879. The molecule has 0 saturated carbocycles. The maximum atomic E-state index is 12.6. The second-order valence-corrected chi connectivity index (χ2v) is 6.93. The summed E-state index contributed by atoms with van der Waals surface area (Å²) in [7, 11) is 0.